The minimum absolute atomic E-state index is 0.333. The van der Waals surface area contributed by atoms with E-state index in [1.807, 2.05) is 24.3 Å². The first kappa shape index (κ1) is 9.25. The Bertz CT molecular complexity index is 360. The summed E-state index contributed by atoms with van der Waals surface area (Å²) in [6, 6.07) is 7.94. The molecule has 2 rings (SSSR count). The number of nitrogens with one attached hydrogen (secondary N) is 1. The van der Waals surface area contributed by atoms with E-state index in [4.69, 9.17) is 0 Å². The summed E-state index contributed by atoms with van der Waals surface area (Å²) in [5, 5.41) is 0. The Morgan fingerprint density at radius 2 is 2.08 bits per heavy atom. The molecular formula is C9H11N3O. The molecule has 13 heavy (non-hydrogen) atoms. The average Bonchev–Trinajstić information content (AvgIpc) is 2.49. The predicted octanol–water partition coefficient (Wildman–Crippen LogP) is 1.05. The molecule has 1 aromatic heterocycles. The number of carbonyl (C=O) groups is 1. The SMILES string of the molecule is CC(N)=O.c1ccc2[nH]cnc2c1. The molecule has 4 nitrogen and oxygen atoms in total. The smallest absolute Gasteiger partial charge is 0.214 e. The van der Waals surface area contributed by atoms with Gasteiger partial charge in [0.15, 0.2) is 0 Å². The number of benzene rings is 1. The second kappa shape index (κ2) is 4.25. The first-order chi connectivity index (χ1) is 6.20. The Kier molecular flexibility index (Phi) is 3.03. The molecule has 3 N–H and O–H groups in total. The number of nitrogens with two attached hydrogens (primary N) is 1. The van der Waals surface area contributed by atoms with Crippen LogP contribution in [0.25, 0.3) is 11.0 Å². The first-order valence-electron chi connectivity index (χ1n) is 3.84. The van der Waals surface area contributed by atoms with Crippen molar-refractivity contribution in [2.24, 2.45) is 5.73 Å². The van der Waals surface area contributed by atoms with Crippen LogP contribution >= 0.6 is 0 Å². The van der Waals surface area contributed by atoms with Crippen LogP contribution in [0.15, 0.2) is 30.6 Å². The number of imidazole rings is 1. The third-order valence-electron chi connectivity index (χ3n) is 1.33. The number of amides is 1. The van der Waals surface area contributed by atoms with Crippen molar-refractivity contribution in [2.45, 2.75) is 6.92 Å². The summed E-state index contributed by atoms with van der Waals surface area (Å²) in [4.78, 5) is 16.3. The van der Waals surface area contributed by atoms with Crippen molar-refractivity contribution in [3.05, 3.63) is 30.6 Å². The van der Waals surface area contributed by atoms with Crippen LogP contribution in [-0.2, 0) is 4.79 Å². The number of aromatic amines is 1. The molecular weight excluding hydrogens is 166 g/mol. The van der Waals surface area contributed by atoms with Gasteiger partial charge in [0.1, 0.15) is 0 Å². The number of carbonyl (C=O) groups excluding carboxylic acids is 1. The molecule has 2 aromatic rings. The molecule has 0 aliphatic rings. The summed E-state index contributed by atoms with van der Waals surface area (Å²) in [7, 11) is 0. The molecule has 1 heterocycles. The van der Waals surface area contributed by atoms with Gasteiger partial charge in [0.2, 0.25) is 5.91 Å². The van der Waals surface area contributed by atoms with E-state index in [1.165, 1.54) is 6.92 Å². The highest BCUT2D eigenvalue weighted by atomic mass is 16.1. The topological polar surface area (TPSA) is 71.8 Å². The molecule has 0 unspecified atom stereocenters. The summed E-state index contributed by atoms with van der Waals surface area (Å²) in [5.74, 6) is -0.333. The maximum atomic E-state index is 9.22. The summed E-state index contributed by atoms with van der Waals surface area (Å²) in [5.41, 5.74) is 6.59. The van der Waals surface area contributed by atoms with E-state index < -0.39 is 0 Å². The van der Waals surface area contributed by atoms with Gasteiger partial charge >= 0.3 is 0 Å². The van der Waals surface area contributed by atoms with Gasteiger partial charge in [-0.1, -0.05) is 12.1 Å². The molecule has 0 radical (unpaired) electrons. The minimum Gasteiger partial charge on any atom is -0.370 e. The Morgan fingerprint density at radius 3 is 2.69 bits per heavy atom. The normalized spacial score (nSPS) is 9.00. The maximum Gasteiger partial charge on any atom is 0.214 e. The molecule has 0 aliphatic carbocycles. The summed E-state index contributed by atoms with van der Waals surface area (Å²) in [6.45, 7) is 1.31. The van der Waals surface area contributed by atoms with Crippen LogP contribution in [-0.4, -0.2) is 15.9 Å². The number of nitrogens with zero attached hydrogens (tertiary/aromatic N) is 1. The van der Waals surface area contributed by atoms with E-state index in [0.29, 0.717) is 0 Å². The fraction of sp³-hybridized carbons (Fsp3) is 0.111. The number of hydrogen-bond acceptors (Lipinski definition) is 2. The highest BCUT2D eigenvalue weighted by Gasteiger charge is 1.88. The van der Waals surface area contributed by atoms with Crippen LogP contribution in [0.3, 0.4) is 0 Å². The van der Waals surface area contributed by atoms with Gasteiger partial charge in [-0.15, -0.1) is 0 Å². The number of fused-ring (bicyclic) bond motifs is 1. The van der Waals surface area contributed by atoms with Crippen molar-refractivity contribution in [3.63, 3.8) is 0 Å². The standard InChI is InChI=1S/C7H6N2.C2H5NO/c1-2-4-7-6(3-1)8-5-9-7;1-2(3)4/h1-5H,(H,8,9);1H3,(H2,3,4). The molecule has 0 saturated heterocycles. The van der Waals surface area contributed by atoms with Crippen molar-refractivity contribution >= 4 is 16.9 Å². The first-order valence-corrected chi connectivity index (χ1v) is 3.84. The minimum atomic E-state index is -0.333. The van der Waals surface area contributed by atoms with Crippen molar-refractivity contribution in [2.75, 3.05) is 0 Å². The van der Waals surface area contributed by atoms with Gasteiger partial charge in [-0.25, -0.2) is 4.98 Å². The molecule has 0 fully saturated rings. The third kappa shape index (κ3) is 2.94. The number of H-pyrrole nitrogens is 1. The maximum absolute atomic E-state index is 9.22. The second-order valence-electron chi connectivity index (χ2n) is 2.53. The van der Waals surface area contributed by atoms with Crippen molar-refractivity contribution in [1.29, 1.82) is 0 Å². The van der Waals surface area contributed by atoms with E-state index in [9.17, 15) is 4.79 Å². The van der Waals surface area contributed by atoms with Gasteiger partial charge in [0.25, 0.3) is 0 Å². The quantitative estimate of drug-likeness (QED) is 0.631. The summed E-state index contributed by atoms with van der Waals surface area (Å²) in [6.07, 6.45) is 1.70. The second-order valence-corrected chi connectivity index (χ2v) is 2.53. The zero-order valence-corrected chi connectivity index (χ0v) is 7.32. The molecule has 0 aliphatic heterocycles. The molecule has 4 heteroatoms. The molecule has 0 saturated carbocycles. The van der Waals surface area contributed by atoms with E-state index in [-0.39, 0.29) is 5.91 Å². The lowest BCUT2D eigenvalue weighted by molar-refractivity contribution is -0.115. The molecule has 0 bridgehead atoms. The average molecular weight is 177 g/mol. The zero-order chi connectivity index (χ0) is 9.68. The molecule has 0 spiro atoms. The van der Waals surface area contributed by atoms with Crippen molar-refractivity contribution < 1.29 is 4.79 Å². The lowest BCUT2D eigenvalue weighted by atomic mass is 10.3. The Morgan fingerprint density at radius 1 is 1.46 bits per heavy atom. The van der Waals surface area contributed by atoms with Gasteiger partial charge in [0, 0.05) is 6.92 Å². The highest BCUT2D eigenvalue weighted by molar-refractivity contribution is 5.73. The number of para-hydroxylation sites is 2. The van der Waals surface area contributed by atoms with E-state index in [0.717, 1.165) is 11.0 Å². The Balaban J connectivity index is 0.000000184. The zero-order valence-electron chi connectivity index (χ0n) is 7.32. The van der Waals surface area contributed by atoms with Gasteiger partial charge in [0.05, 0.1) is 17.4 Å². The molecule has 1 amide bonds. The van der Waals surface area contributed by atoms with Crippen LogP contribution in [0, 0.1) is 0 Å². The van der Waals surface area contributed by atoms with Crippen LogP contribution in [0.5, 0.6) is 0 Å². The lowest BCUT2D eigenvalue weighted by Gasteiger charge is -1.81. The number of primary amides is 1. The summed E-state index contributed by atoms with van der Waals surface area (Å²) < 4.78 is 0. The summed E-state index contributed by atoms with van der Waals surface area (Å²) >= 11 is 0. The van der Waals surface area contributed by atoms with Crippen LogP contribution < -0.4 is 5.73 Å². The Hall–Kier alpha value is -1.84. The van der Waals surface area contributed by atoms with Crippen molar-refractivity contribution in [1.82, 2.24) is 9.97 Å². The van der Waals surface area contributed by atoms with Crippen LogP contribution in [0.4, 0.5) is 0 Å². The Labute approximate surface area is 75.8 Å². The van der Waals surface area contributed by atoms with E-state index in [2.05, 4.69) is 15.7 Å². The predicted molar refractivity (Wildman–Crippen MR) is 51.0 cm³/mol. The van der Waals surface area contributed by atoms with E-state index in [1.54, 1.807) is 6.33 Å². The van der Waals surface area contributed by atoms with Gasteiger partial charge < -0.3 is 10.7 Å². The number of aromatic nitrogens is 2. The molecule has 1 aromatic carbocycles. The van der Waals surface area contributed by atoms with Gasteiger partial charge in [-0.2, -0.15) is 0 Å². The lowest BCUT2D eigenvalue weighted by Crippen LogP contribution is -2.01. The largest absolute Gasteiger partial charge is 0.370 e. The van der Waals surface area contributed by atoms with Gasteiger partial charge in [-0.3, -0.25) is 4.79 Å². The van der Waals surface area contributed by atoms with Crippen molar-refractivity contribution in [3.8, 4) is 0 Å². The highest BCUT2D eigenvalue weighted by Crippen LogP contribution is 2.05. The third-order valence-corrected chi connectivity index (χ3v) is 1.33. The molecule has 68 valence electrons. The number of hydrogen-bond donors (Lipinski definition) is 2. The van der Waals surface area contributed by atoms with Crippen LogP contribution in [0.1, 0.15) is 6.92 Å². The van der Waals surface area contributed by atoms with E-state index >= 15 is 0 Å². The fourth-order valence-corrected chi connectivity index (χ4v) is 0.880. The van der Waals surface area contributed by atoms with Crippen LogP contribution in [0.2, 0.25) is 0 Å². The monoisotopic (exact) mass is 177 g/mol. The fourth-order valence-electron chi connectivity index (χ4n) is 0.880. The van der Waals surface area contributed by atoms with Gasteiger partial charge in [-0.05, 0) is 12.1 Å². The number of rotatable bonds is 0. The molecule has 0 atom stereocenters.